The fourth-order valence-corrected chi connectivity index (χ4v) is 8.39. The second-order valence-electron chi connectivity index (χ2n) is 14.2. The van der Waals surface area contributed by atoms with E-state index in [0.717, 1.165) is 37.7 Å². The summed E-state index contributed by atoms with van der Waals surface area (Å²) in [5.41, 5.74) is -0.123. The van der Waals surface area contributed by atoms with E-state index in [1.54, 1.807) is 4.90 Å². The zero-order chi connectivity index (χ0) is 31.0. The van der Waals surface area contributed by atoms with Gasteiger partial charge >= 0.3 is 20.3 Å². The van der Waals surface area contributed by atoms with Gasteiger partial charge in [-0.3, -0.25) is 4.79 Å². The predicted molar refractivity (Wildman–Crippen MR) is 166 cm³/mol. The lowest BCUT2D eigenvalue weighted by Crippen LogP contribution is -2.66. The van der Waals surface area contributed by atoms with Crippen LogP contribution in [0.4, 0.5) is 4.79 Å². The Bertz CT molecular complexity index is 1170. The van der Waals surface area contributed by atoms with Crippen LogP contribution in [0.5, 0.6) is 0 Å². The minimum atomic E-state index is -1.27. The highest BCUT2D eigenvalue weighted by Gasteiger charge is 2.69. The number of likely N-dealkylation sites (tertiary alicyclic amines) is 1. The summed E-state index contributed by atoms with van der Waals surface area (Å²) in [4.78, 5) is 27.3. The van der Waals surface area contributed by atoms with Gasteiger partial charge in [-0.1, -0.05) is 57.2 Å². The lowest BCUT2D eigenvalue weighted by atomic mass is 9.41. The molecule has 2 saturated heterocycles. The molecule has 0 aromatic heterocycles. The largest absolute Gasteiger partial charge is 0.482 e. The summed E-state index contributed by atoms with van der Waals surface area (Å²) in [6, 6.07) is 9.99. The number of amides is 2. The van der Waals surface area contributed by atoms with Crippen LogP contribution >= 0.6 is 0 Å². The number of rotatable bonds is 11. The Hall–Kier alpha value is -2.33. The first-order chi connectivity index (χ1) is 20.3. The maximum absolute atomic E-state index is 13.4. The van der Waals surface area contributed by atoms with E-state index in [4.69, 9.17) is 14.0 Å². The lowest BCUT2D eigenvalue weighted by molar-refractivity contribution is -0.211. The number of nitrogens with zero attached hydrogens (tertiary/aromatic N) is 1. The van der Waals surface area contributed by atoms with E-state index in [1.807, 2.05) is 37.3 Å². The van der Waals surface area contributed by atoms with Gasteiger partial charge in [0.1, 0.15) is 5.60 Å². The molecule has 2 amide bonds. The van der Waals surface area contributed by atoms with Gasteiger partial charge in [-0.2, -0.15) is 0 Å². The maximum Gasteiger partial charge on any atom is 0.482 e. The Morgan fingerprint density at radius 1 is 1.26 bits per heavy atom. The molecule has 0 radical (unpaired) electrons. The highest BCUT2D eigenvalue weighted by molar-refractivity contribution is 6.48. The summed E-state index contributed by atoms with van der Waals surface area (Å²) in [6.45, 7) is 13.0. The molecular formula is C32H48B2N2O7. The third kappa shape index (κ3) is 6.70. The van der Waals surface area contributed by atoms with E-state index >= 15 is 0 Å². The highest BCUT2D eigenvalue weighted by atomic mass is 16.7. The van der Waals surface area contributed by atoms with E-state index in [0.29, 0.717) is 44.1 Å². The summed E-state index contributed by atoms with van der Waals surface area (Å²) in [7, 11) is -1.90. The van der Waals surface area contributed by atoms with Gasteiger partial charge < -0.3 is 34.3 Å². The molecule has 3 N–H and O–H groups in total. The van der Waals surface area contributed by atoms with E-state index in [2.05, 4.69) is 32.7 Å². The molecule has 0 spiro atoms. The van der Waals surface area contributed by atoms with Crippen molar-refractivity contribution in [2.24, 2.45) is 23.2 Å². The number of ether oxygens (including phenoxy) is 1. The van der Waals surface area contributed by atoms with Gasteiger partial charge in [-0.05, 0) is 93.5 Å². The quantitative estimate of drug-likeness (QED) is 0.262. The first-order valence-electron chi connectivity index (χ1n) is 16.0. The second-order valence-corrected chi connectivity index (χ2v) is 14.2. The minimum absolute atomic E-state index is 0.0588. The number of nitrogens with one attached hydrogen (secondary N) is 1. The van der Waals surface area contributed by atoms with Crippen molar-refractivity contribution in [3.63, 3.8) is 0 Å². The van der Waals surface area contributed by atoms with Crippen LogP contribution in [0.1, 0.15) is 71.8 Å². The summed E-state index contributed by atoms with van der Waals surface area (Å²) >= 11 is 0. The molecule has 2 bridgehead atoms. The molecule has 5 fully saturated rings. The topological polar surface area (TPSA) is 118 Å². The molecule has 2 aliphatic heterocycles. The first-order valence-corrected chi connectivity index (χ1v) is 16.0. The van der Waals surface area contributed by atoms with Crippen LogP contribution in [-0.2, 0) is 25.3 Å². The van der Waals surface area contributed by atoms with Gasteiger partial charge in [0, 0.05) is 6.54 Å². The van der Waals surface area contributed by atoms with Crippen LogP contribution in [0.15, 0.2) is 43.0 Å². The van der Waals surface area contributed by atoms with Gasteiger partial charge in [-0.25, -0.2) is 4.79 Å². The fraction of sp³-hybridized carbons (Fsp3) is 0.688. The monoisotopic (exact) mass is 594 g/mol. The Morgan fingerprint density at radius 3 is 2.70 bits per heavy atom. The average molecular weight is 594 g/mol. The number of carbonyl (C=O) groups excluding carboxylic acids is 2. The van der Waals surface area contributed by atoms with Gasteiger partial charge in [0.2, 0.25) is 5.91 Å². The second kappa shape index (κ2) is 12.6. The average Bonchev–Trinajstić information content (AvgIpc) is 3.32. The number of carbonyl (C=O) groups is 2. The minimum Gasteiger partial charge on any atom is -0.441 e. The van der Waals surface area contributed by atoms with Crippen LogP contribution in [0.3, 0.4) is 0 Å². The number of hydrogen-bond acceptors (Lipinski definition) is 7. The molecule has 4 unspecified atom stereocenters. The van der Waals surface area contributed by atoms with Crippen LogP contribution < -0.4 is 5.32 Å². The summed E-state index contributed by atoms with van der Waals surface area (Å²) in [5, 5.41) is 21.9. The SMILES string of the molecule is C=CC(=O)N1CCCC(C)(OC(=O)N[C@@H](Cc2ccccc2)B2OC3C[C@@H]4C[C@@H](C4(C)CCC(C)CB(O)O)[C@]3(C)O2)C1. The number of benzene rings is 1. The molecular weight excluding hydrogens is 546 g/mol. The van der Waals surface area contributed by atoms with Crippen molar-refractivity contribution < 1.29 is 33.7 Å². The third-order valence-corrected chi connectivity index (χ3v) is 11.0. The molecule has 11 heteroatoms. The molecule has 1 aromatic carbocycles. The molecule has 43 heavy (non-hydrogen) atoms. The van der Waals surface area contributed by atoms with Crippen molar-refractivity contribution in [2.45, 2.75) is 102 Å². The highest BCUT2D eigenvalue weighted by Crippen LogP contribution is 2.67. The molecule has 8 atom stereocenters. The Kier molecular flexibility index (Phi) is 9.38. The first kappa shape index (κ1) is 32.1. The van der Waals surface area contributed by atoms with Crippen molar-refractivity contribution >= 4 is 26.2 Å². The molecule has 9 nitrogen and oxygen atoms in total. The van der Waals surface area contributed by atoms with Crippen molar-refractivity contribution in [3.05, 3.63) is 48.6 Å². The van der Waals surface area contributed by atoms with Crippen molar-refractivity contribution in [1.29, 1.82) is 0 Å². The van der Waals surface area contributed by atoms with E-state index < -0.39 is 37.5 Å². The normalized spacial score (nSPS) is 34.4. The molecule has 5 aliphatic rings. The van der Waals surface area contributed by atoms with E-state index in [1.165, 1.54) is 6.08 Å². The predicted octanol–water partition coefficient (Wildman–Crippen LogP) is 4.03. The summed E-state index contributed by atoms with van der Waals surface area (Å²) in [6.07, 6.45) is 6.95. The van der Waals surface area contributed by atoms with Crippen molar-refractivity contribution in [1.82, 2.24) is 10.2 Å². The molecule has 3 aliphatic carbocycles. The fourth-order valence-electron chi connectivity index (χ4n) is 8.39. The molecule has 6 rings (SSSR count). The summed E-state index contributed by atoms with van der Waals surface area (Å²) in [5.74, 6) is 0.450. The smallest absolute Gasteiger partial charge is 0.441 e. The molecule has 3 saturated carbocycles. The summed E-state index contributed by atoms with van der Waals surface area (Å²) < 4.78 is 19.5. The van der Waals surface area contributed by atoms with Crippen LogP contribution in [-0.4, -0.2) is 77.5 Å². The molecule has 234 valence electrons. The van der Waals surface area contributed by atoms with E-state index in [-0.39, 0.29) is 23.3 Å². The Balaban J connectivity index is 1.28. The molecule has 1 aromatic rings. The number of hydrogen-bond donors (Lipinski definition) is 3. The number of alkyl carbamates (subject to hydrolysis) is 1. The molecule has 2 heterocycles. The Morgan fingerprint density at radius 2 is 2.00 bits per heavy atom. The standard InChI is InChI=1S/C32H48B2N2O7/c1-6-28(37)36-16-10-14-30(3,21-36)41-29(38)35-27(17-23-11-8-7-9-12-23)34-42-26-19-24-18-25(32(26,5)43-34)31(24,4)15-13-22(2)20-33(39)40/h6-9,11-12,22,24-27,39-40H,1,10,13-21H2,2-5H3,(H,35,38)/t22?,24-,25-,26?,27-,30?,31?,32-/m0/s1. The zero-order valence-corrected chi connectivity index (χ0v) is 26.2. The van der Waals surface area contributed by atoms with Crippen LogP contribution in [0.2, 0.25) is 6.32 Å². The van der Waals surface area contributed by atoms with Crippen molar-refractivity contribution in [2.75, 3.05) is 13.1 Å². The van der Waals surface area contributed by atoms with Gasteiger partial charge in [0.15, 0.2) is 0 Å². The Labute approximate surface area is 257 Å². The lowest BCUT2D eigenvalue weighted by Gasteiger charge is -2.66. The van der Waals surface area contributed by atoms with Gasteiger partial charge in [0.05, 0.1) is 24.2 Å². The van der Waals surface area contributed by atoms with E-state index in [9.17, 15) is 19.6 Å². The maximum atomic E-state index is 13.4. The number of piperidine rings is 1. The third-order valence-electron chi connectivity index (χ3n) is 11.0. The van der Waals surface area contributed by atoms with Crippen molar-refractivity contribution in [3.8, 4) is 0 Å². The van der Waals surface area contributed by atoms with Gasteiger partial charge in [0.25, 0.3) is 0 Å². The van der Waals surface area contributed by atoms with Crippen LogP contribution in [0, 0.1) is 23.2 Å². The van der Waals surface area contributed by atoms with Crippen LogP contribution in [0.25, 0.3) is 0 Å². The van der Waals surface area contributed by atoms with Gasteiger partial charge in [-0.15, -0.1) is 0 Å². The zero-order valence-electron chi connectivity index (χ0n) is 26.2.